The summed E-state index contributed by atoms with van der Waals surface area (Å²) in [6, 6.07) is 5.79. The molecule has 16 heavy (non-hydrogen) atoms. The number of nitrogens with two attached hydrogens (primary N) is 1. The SMILES string of the molecule is Cc1cc(NCCc2ccco2)ncc1N. The molecule has 3 N–H and O–H groups in total. The minimum absolute atomic E-state index is 0.719. The summed E-state index contributed by atoms with van der Waals surface area (Å²) in [6.07, 6.45) is 4.20. The number of hydrogen-bond acceptors (Lipinski definition) is 4. The first kappa shape index (κ1) is 10.5. The molecule has 0 saturated carbocycles. The van der Waals surface area contributed by atoms with E-state index in [1.54, 1.807) is 12.5 Å². The maximum Gasteiger partial charge on any atom is 0.126 e. The van der Waals surface area contributed by atoms with Crippen LogP contribution in [0.4, 0.5) is 11.5 Å². The number of rotatable bonds is 4. The van der Waals surface area contributed by atoms with E-state index in [1.807, 2.05) is 25.1 Å². The van der Waals surface area contributed by atoms with Crippen LogP contribution in [0.2, 0.25) is 0 Å². The summed E-state index contributed by atoms with van der Waals surface area (Å²) in [5.41, 5.74) is 7.45. The Balaban J connectivity index is 1.87. The molecule has 0 saturated heterocycles. The van der Waals surface area contributed by atoms with E-state index in [4.69, 9.17) is 10.2 Å². The zero-order valence-electron chi connectivity index (χ0n) is 9.23. The Hall–Kier alpha value is -1.97. The van der Waals surface area contributed by atoms with Crippen LogP contribution >= 0.6 is 0 Å². The predicted molar refractivity (Wildman–Crippen MR) is 64.3 cm³/mol. The highest BCUT2D eigenvalue weighted by Crippen LogP contribution is 2.13. The third kappa shape index (κ3) is 2.53. The summed E-state index contributed by atoms with van der Waals surface area (Å²) in [5.74, 6) is 1.82. The van der Waals surface area contributed by atoms with Crippen molar-refractivity contribution in [1.82, 2.24) is 4.98 Å². The third-order valence-electron chi connectivity index (χ3n) is 2.41. The molecule has 2 aromatic rings. The molecular weight excluding hydrogens is 202 g/mol. The first-order valence-electron chi connectivity index (χ1n) is 5.24. The number of nitrogen functional groups attached to an aromatic ring is 1. The van der Waals surface area contributed by atoms with Gasteiger partial charge in [-0.25, -0.2) is 4.98 Å². The Bertz CT molecular complexity index is 451. The molecule has 84 valence electrons. The molecule has 0 atom stereocenters. The van der Waals surface area contributed by atoms with Gasteiger partial charge in [-0.2, -0.15) is 0 Å². The minimum atomic E-state index is 0.719. The number of aryl methyl sites for hydroxylation is 1. The number of pyridine rings is 1. The Morgan fingerprint density at radius 1 is 1.50 bits per heavy atom. The van der Waals surface area contributed by atoms with Gasteiger partial charge in [0.1, 0.15) is 11.6 Å². The van der Waals surface area contributed by atoms with Crippen LogP contribution in [0.5, 0.6) is 0 Å². The van der Waals surface area contributed by atoms with Gasteiger partial charge in [0.15, 0.2) is 0 Å². The lowest BCUT2D eigenvalue weighted by Gasteiger charge is -2.06. The van der Waals surface area contributed by atoms with Gasteiger partial charge in [-0.3, -0.25) is 0 Å². The van der Waals surface area contributed by atoms with E-state index in [0.29, 0.717) is 0 Å². The van der Waals surface area contributed by atoms with Gasteiger partial charge in [0, 0.05) is 13.0 Å². The predicted octanol–water partition coefficient (Wildman–Crippen LogP) is 2.22. The van der Waals surface area contributed by atoms with Gasteiger partial charge in [-0.05, 0) is 30.7 Å². The molecule has 4 heteroatoms. The largest absolute Gasteiger partial charge is 0.469 e. The average Bonchev–Trinajstić information content (AvgIpc) is 2.76. The second-order valence-corrected chi connectivity index (χ2v) is 3.68. The van der Waals surface area contributed by atoms with Gasteiger partial charge in [-0.15, -0.1) is 0 Å². The van der Waals surface area contributed by atoms with E-state index in [0.717, 1.165) is 35.8 Å². The highest BCUT2D eigenvalue weighted by atomic mass is 16.3. The summed E-state index contributed by atoms with van der Waals surface area (Å²) in [5, 5.41) is 3.22. The number of nitrogens with one attached hydrogen (secondary N) is 1. The van der Waals surface area contributed by atoms with E-state index in [-0.39, 0.29) is 0 Å². The molecule has 2 aromatic heterocycles. The highest BCUT2D eigenvalue weighted by molar-refractivity contribution is 5.50. The molecule has 2 heterocycles. The van der Waals surface area contributed by atoms with Crippen molar-refractivity contribution in [3.63, 3.8) is 0 Å². The Kier molecular flexibility index (Phi) is 3.10. The van der Waals surface area contributed by atoms with Crippen molar-refractivity contribution in [2.45, 2.75) is 13.3 Å². The molecule has 0 aliphatic rings. The van der Waals surface area contributed by atoms with E-state index in [2.05, 4.69) is 10.3 Å². The van der Waals surface area contributed by atoms with Crippen LogP contribution in [0.15, 0.2) is 35.1 Å². The molecule has 0 spiro atoms. The molecule has 0 aromatic carbocycles. The summed E-state index contributed by atoms with van der Waals surface area (Å²) >= 11 is 0. The maximum atomic E-state index is 5.69. The number of furan rings is 1. The van der Waals surface area contributed by atoms with Crippen molar-refractivity contribution >= 4 is 11.5 Å². The standard InChI is InChI=1S/C12H15N3O/c1-9-7-12(15-8-11(9)13)14-5-4-10-3-2-6-16-10/h2-3,6-8H,4-5,13H2,1H3,(H,14,15). The van der Waals surface area contributed by atoms with E-state index in [1.165, 1.54) is 0 Å². The Morgan fingerprint density at radius 3 is 3.06 bits per heavy atom. The third-order valence-corrected chi connectivity index (χ3v) is 2.41. The second-order valence-electron chi connectivity index (χ2n) is 3.68. The highest BCUT2D eigenvalue weighted by Gasteiger charge is 1.99. The summed E-state index contributed by atoms with van der Waals surface area (Å²) in [6.45, 7) is 2.76. The molecule has 0 bridgehead atoms. The van der Waals surface area contributed by atoms with Gasteiger partial charge < -0.3 is 15.5 Å². The quantitative estimate of drug-likeness (QED) is 0.824. The molecule has 0 fully saturated rings. The molecule has 0 amide bonds. The normalized spacial score (nSPS) is 10.3. The zero-order valence-corrected chi connectivity index (χ0v) is 9.23. The Morgan fingerprint density at radius 2 is 2.38 bits per heavy atom. The van der Waals surface area contributed by atoms with Crippen molar-refractivity contribution in [3.05, 3.63) is 42.0 Å². The smallest absolute Gasteiger partial charge is 0.126 e. The second kappa shape index (κ2) is 4.70. The van der Waals surface area contributed by atoms with Gasteiger partial charge in [-0.1, -0.05) is 0 Å². The van der Waals surface area contributed by atoms with Crippen LogP contribution < -0.4 is 11.1 Å². The molecule has 4 nitrogen and oxygen atoms in total. The van der Waals surface area contributed by atoms with Crippen molar-refractivity contribution in [2.75, 3.05) is 17.6 Å². The van der Waals surface area contributed by atoms with Crippen LogP contribution in [0.3, 0.4) is 0 Å². The molecule has 0 aliphatic carbocycles. The lowest BCUT2D eigenvalue weighted by atomic mass is 10.2. The lowest BCUT2D eigenvalue weighted by molar-refractivity contribution is 0.513. The van der Waals surface area contributed by atoms with Crippen LogP contribution in [-0.4, -0.2) is 11.5 Å². The molecule has 0 radical (unpaired) electrons. The van der Waals surface area contributed by atoms with Gasteiger partial charge >= 0.3 is 0 Å². The van der Waals surface area contributed by atoms with Gasteiger partial charge in [0.2, 0.25) is 0 Å². The number of hydrogen-bond donors (Lipinski definition) is 2. The fraction of sp³-hybridized carbons (Fsp3) is 0.250. The lowest BCUT2D eigenvalue weighted by Crippen LogP contribution is -2.06. The minimum Gasteiger partial charge on any atom is -0.469 e. The molecule has 0 aliphatic heterocycles. The van der Waals surface area contributed by atoms with Gasteiger partial charge in [0.25, 0.3) is 0 Å². The summed E-state index contributed by atoms with van der Waals surface area (Å²) < 4.78 is 5.23. The topological polar surface area (TPSA) is 64.1 Å². The monoisotopic (exact) mass is 217 g/mol. The van der Waals surface area contributed by atoms with E-state index < -0.39 is 0 Å². The number of anilines is 2. The van der Waals surface area contributed by atoms with Crippen LogP contribution in [-0.2, 0) is 6.42 Å². The van der Waals surface area contributed by atoms with Gasteiger partial charge in [0.05, 0.1) is 18.1 Å². The number of nitrogens with zero attached hydrogens (tertiary/aromatic N) is 1. The van der Waals surface area contributed by atoms with Crippen LogP contribution in [0, 0.1) is 6.92 Å². The van der Waals surface area contributed by atoms with Crippen LogP contribution in [0.25, 0.3) is 0 Å². The first-order chi connectivity index (χ1) is 7.75. The zero-order chi connectivity index (χ0) is 11.4. The Labute approximate surface area is 94.5 Å². The summed E-state index contributed by atoms with van der Waals surface area (Å²) in [7, 11) is 0. The van der Waals surface area contributed by atoms with E-state index >= 15 is 0 Å². The fourth-order valence-corrected chi connectivity index (χ4v) is 1.43. The van der Waals surface area contributed by atoms with Crippen molar-refractivity contribution < 1.29 is 4.42 Å². The van der Waals surface area contributed by atoms with Crippen molar-refractivity contribution in [2.24, 2.45) is 0 Å². The maximum absolute atomic E-state index is 5.69. The first-order valence-corrected chi connectivity index (χ1v) is 5.24. The van der Waals surface area contributed by atoms with Crippen LogP contribution in [0.1, 0.15) is 11.3 Å². The summed E-state index contributed by atoms with van der Waals surface area (Å²) in [4.78, 5) is 4.19. The molecular formula is C12H15N3O. The molecule has 2 rings (SSSR count). The average molecular weight is 217 g/mol. The molecule has 0 unspecified atom stereocenters. The van der Waals surface area contributed by atoms with Crippen molar-refractivity contribution in [3.8, 4) is 0 Å². The fourth-order valence-electron chi connectivity index (χ4n) is 1.43. The number of aromatic nitrogens is 1. The van der Waals surface area contributed by atoms with Crippen molar-refractivity contribution in [1.29, 1.82) is 0 Å². The van der Waals surface area contributed by atoms with E-state index in [9.17, 15) is 0 Å².